The highest BCUT2D eigenvalue weighted by Gasteiger charge is 2.25. The third kappa shape index (κ3) is 3.76. The number of nitrogens with one attached hydrogen (secondary N) is 1. The number of hydrogen-bond donors (Lipinski definition) is 1. The van der Waals surface area contributed by atoms with Crippen molar-refractivity contribution in [2.75, 3.05) is 11.9 Å². The van der Waals surface area contributed by atoms with Gasteiger partial charge in [0.05, 0.1) is 12.4 Å². The monoisotopic (exact) mass is 394 g/mol. The van der Waals surface area contributed by atoms with E-state index in [0.717, 1.165) is 28.9 Å². The van der Waals surface area contributed by atoms with Gasteiger partial charge in [-0.25, -0.2) is 9.78 Å². The van der Waals surface area contributed by atoms with E-state index >= 15 is 0 Å². The first-order chi connectivity index (χ1) is 13.5. The van der Waals surface area contributed by atoms with E-state index in [4.69, 9.17) is 11.6 Å². The second kappa shape index (κ2) is 7.68. The molecule has 1 aliphatic rings. The molecule has 4 rings (SSSR count). The summed E-state index contributed by atoms with van der Waals surface area (Å²) < 4.78 is 2.04. The number of halogens is 1. The number of carbonyl (C=O) groups excluding carboxylic acids is 1. The molecule has 0 radical (unpaired) electrons. The van der Waals surface area contributed by atoms with Crippen LogP contribution >= 0.6 is 11.6 Å². The third-order valence-electron chi connectivity index (χ3n) is 4.91. The Hall–Kier alpha value is -2.79. The number of hydrogen-bond acceptors (Lipinski definition) is 2. The zero-order valence-electron chi connectivity index (χ0n) is 16.0. The van der Waals surface area contributed by atoms with Crippen LogP contribution in [0.5, 0.6) is 0 Å². The number of amides is 2. The Morgan fingerprint density at radius 3 is 2.71 bits per heavy atom. The lowest BCUT2D eigenvalue weighted by atomic mass is 9.95. The molecule has 2 heterocycles. The van der Waals surface area contributed by atoms with Gasteiger partial charge in [0.1, 0.15) is 0 Å². The van der Waals surface area contributed by atoms with Gasteiger partial charge in [-0.1, -0.05) is 49.7 Å². The van der Waals surface area contributed by atoms with Crippen LogP contribution in [0.25, 0.3) is 0 Å². The number of carbonyl (C=O) groups is 1. The van der Waals surface area contributed by atoms with Gasteiger partial charge in [-0.3, -0.25) is 0 Å². The predicted octanol–water partition coefficient (Wildman–Crippen LogP) is 5.18. The van der Waals surface area contributed by atoms with Gasteiger partial charge in [-0.15, -0.1) is 0 Å². The fourth-order valence-electron chi connectivity index (χ4n) is 3.71. The summed E-state index contributed by atoms with van der Waals surface area (Å²) in [4.78, 5) is 18.6. The van der Waals surface area contributed by atoms with Crippen LogP contribution < -0.4 is 5.32 Å². The molecule has 144 valence electrons. The van der Waals surface area contributed by atoms with Crippen molar-refractivity contribution in [2.24, 2.45) is 5.92 Å². The van der Waals surface area contributed by atoms with E-state index in [2.05, 4.69) is 48.4 Å². The summed E-state index contributed by atoms with van der Waals surface area (Å²) in [6.45, 7) is 5.61. The molecule has 1 aromatic heterocycles. The molecule has 0 saturated heterocycles. The molecule has 0 spiro atoms. The van der Waals surface area contributed by atoms with Crippen molar-refractivity contribution < 1.29 is 4.79 Å². The lowest BCUT2D eigenvalue weighted by molar-refractivity contribution is 0.199. The standard InChI is InChI=1S/C22H23ClN4O/c1-15(2)12-27-13-18-7-6-17(11-20(18)25-22(27)28)21(26-9-8-24-14-26)16-4-3-5-19(23)10-16/h3-11,14-15,21H,12-13H2,1-2H3,(H,25,28). The summed E-state index contributed by atoms with van der Waals surface area (Å²) in [6.07, 6.45) is 5.50. The average molecular weight is 395 g/mol. The Labute approximate surface area is 170 Å². The lowest BCUT2D eigenvalue weighted by Crippen LogP contribution is -2.40. The Kier molecular flexibility index (Phi) is 5.09. The zero-order valence-corrected chi connectivity index (χ0v) is 16.7. The van der Waals surface area contributed by atoms with Gasteiger partial charge in [0.2, 0.25) is 0 Å². The predicted molar refractivity (Wildman–Crippen MR) is 112 cm³/mol. The minimum atomic E-state index is -0.0721. The summed E-state index contributed by atoms with van der Waals surface area (Å²) in [6, 6.07) is 14.0. The van der Waals surface area contributed by atoms with Gasteiger partial charge >= 0.3 is 6.03 Å². The Morgan fingerprint density at radius 2 is 2.00 bits per heavy atom. The first-order valence-corrected chi connectivity index (χ1v) is 9.80. The van der Waals surface area contributed by atoms with Crippen molar-refractivity contribution in [1.82, 2.24) is 14.5 Å². The SMILES string of the molecule is CC(C)CN1Cc2ccc(C(c3cccc(Cl)c3)n3ccnc3)cc2NC1=O. The summed E-state index contributed by atoms with van der Waals surface area (Å²) >= 11 is 6.24. The number of aromatic nitrogens is 2. The van der Waals surface area contributed by atoms with Crippen LogP contribution in [0.1, 0.15) is 36.6 Å². The highest BCUT2D eigenvalue weighted by atomic mass is 35.5. The summed E-state index contributed by atoms with van der Waals surface area (Å²) in [5.41, 5.74) is 4.12. The number of urea groups is 1. The van der Waals surface area contributed by atoms with Crippen molar-refractivity contribution in [3.63, 3.8) is 0 Å². The van der Waals surface area contributed by atoms with Crippen LogP contribution in [0, 0.1) is 5.92 Å². The van der Waals surface area contributed by atoms with Crippen molar-refractivity contribution >= 4 is 23.3 Å². The maximum atomic E-state index is 12.5. The Bertz CT molecular complexity index is 984. The van der Waals surface area contributed by atoms with Gasteiger partial charge < -0.3 is 14.8 Å². The van der Waals surface area contributed by atoms with Gasteiger partial charge in [-0.05, 0) is 40.8 Å². The van der Waals surface area contributed by atoms with Gasteiger partial charge in [0, 0.05) is 36.2 Å². The minimum Gasteiger partial charge on any atom is -0.326 e. The summed E-state index contributed by atoms with van der Waals surface area (Å²) in [5.74, 6) is 0.431. The zero-order chi connectivity index (χ0) is 19.7. The second-order valence-electron chi connectivity index (χ2n) is 7.59. The van der Waals surface area contributed by atoms with Crippen LogP contribution in [0.3, 0.4) is 0 Å². The molecule has 1 N–H and O–H groups in total. The Balaban J connectivity index is 1.72. The van der Waals surface area contributed by atoms with Gasteiger partial charge in [-0.2, -0.15) is 0 Å². The van der Waals surface area contributed by atoms with Crippen LogP contribution in [-0.4, -0.2) is 27.0 Å². The molecule has 28 heavy (non-hydrogen) atoms. The number of anilines is 1. The number of nitrogens with zero attached hydrogens (tertiary/aromatic N) is 3. The molecule has 0 saturated carbocycles. The van der Waals surface area contributed by atoms with E-state index < -0.39 is 0 Å². The molecular weight excluding hydrogens is 372 g/mol. The van der Waals surface area contributed by atoms with Crippen molar-refractivity contribution in [3.05, 3.63) is 82.9 Å². The van der Waals surface area contributed by atoms with Crippen LogP contribution in [-0.2, 0) is 6.54 Å². The first kappa shape index (κ1) is 18.6. The maximum absolute atomic E-state index is 12.5. The van der Waals surface area contributed by atoms with Gasteiger partial charge in [0.25, 0.3) is 0 Å². The number of imidazole rings is 1. The van der Waals surface area contributed by atoms with Gasteiger partial charge in [0.15, 0.2) is 0 Å². The third-order valence-corrected chi connectivity index (χ3v) is 5.15. The smallest absolute Gasteiger partial charge is 0.322 e. The number of benzene rings is 2. The minimum absolute atomic E-state index is 0.0414. The molecule has 2 amide bonds. The molecule has 3 aromatic rings. The fourth-order valence-corrected chi connectivity index (χ4v) is 3.91. The van der Waals surface area contributed by atoms with Crippen molar-refractivity contribution in [3.8, 4) is 0 Å². The molecule has 0 aliphatic carbocycles. The first-order valence-electron chi connectivity index (χ1n) is 9.43. The molecule has 0 fully saturated rings. The number of rotatable bonds is 5. The number of fused-ring (bicyclic) bond motifs is 1. The molecule has 0 bridgehead atoms. The van der Waals surface area contributed by atoms with Crippen LogP contribution in [0.15, 0.2) is 61.2 Å². The molecular formula is C22H23ClN4O. The topological polar surface area (TPSA) is 50.2 Å². The van der Waals surface area contributed by atoms with Crippen molar-refractivity contribution in [2.45, 2.75) is 26.4 Å². The second-order valence-corrected chi connectivity index (χ2v) is 8.02. The fraction of sp³-hybridized carbons (Fsp3) is 0.273. The molecule has 5 nitrogen and oxygen atoms in total. The van der Waals surface area contributed by atoms with E-state index in [1.54, 1.807) is 12.5 Å². The highest BCUT2D eigenvalue weighted by Crippen LogP contribution is 2.33. The van der Waals surface area contributed by atoms with E-state index in [1.807, 2.05) is 33.9 Å². The molecule has 6 heteroatoms. The molecule has 1 aliphatic heterocycles. The summed E-state index contributed by atoms with van der Waals surface area (Å²) in [7, 11) is 0. The lowest BCUT2D eigenvalue weighted by Gasteiger charge is -2.31. The average Bonchev–Trinajstić information content (AvgIpc) is 3.16. The summed E-state index contributed by atoms with van der Waals surface area (Å²) in [5, 5.41) is 3.75. The molecule has 1 unspecified atom stereocenters. The molecule has 2 aromatic carbocycles. The molecule has 1 atom stereocenters. The van der Waals surface area contributed by atoms with E-state index in [0.29, 0.717) is 17.5 Å². The largest absolute Gasteiger partial charge is 0.326 e. The quantitative estimate of drug-likeness (QED) is 0.648. The van der Waals surface area contributed by atoms with Crippen LogP contribution in [0.2, 0.25) is 5.02 Å². The Morgan fingerprint density at radius 1 is 1.18 bits per heavy atom. The van der Waals surface area contributed by atoms with Crippen LogP contribution in [0.4, 0.5) is 10.5 Å². The normalized spacial score (nSPS) is 14.7. The van der Waals surface area contributed by atoms with E-state index in [9.17, 15) is 4.79 Å². The van der Waals surface area contributed by atoms with E-state index in [-0.39, 0.29) is 12.1 Å². The highest BCUT2D eigenvalue weighted by molar-refractivity contribution is 6.30. The van der Waals surface area contributed by atoms with Crippen molar-refractivity contribution in [1.29, 1.82) is 0 Å². The maximum Gasteiger partial charge on any atom is 0.322 e. The van der Waals surface area contributed by atoms with E-state index in [1.165, 1.54) is 0 Å².